The number of hydrogen-bond acceptors (Lipinski definition) is 2. The highest BCUT2D eigenvalue weighted by Crippen LogP contribution is 2.34. The van der Waals surface area contributed by atoms with Gasteiger partial charge in [0.15, 0.2) is 0 Å². The molecular formula is C21H22ClFN2O. The van der Waals surface area contributed by atoms with Gasteiger partial charge in [-0.1, -0.05) is 42.8 Å². The van der Waals surface area contributed by atoms with Gasteiger partial charge in [0.2, 0.25) is 0 Å². The highest BCUT2D eigenvalue weighted by molar-refractivity contribution is 6.32. The van der Waals surface area contributed by atoms with Crippen LogP contribution in [-0.4, -0.2) is 36.6 Å². The lowest BCUT2D eigenvalue weighted by molar-refractivity contribution is 0.0966. The van der Waals surface area contributed by atoms with Gasteiger partial charge in [0.25, 0.3) is 5.91 Å². The molecule has 4 rings (SSSR count). The molecule has 1 N–H and O–H groups in total. The summed E-state index contributed by atoms with van der Waals surface area (Å²) in [6, 6.07) is 11.8. The third kappa shape index (κ3) is 3.12. The fourth-order valence-corrected chi connectivity index (χ4v) is 4.29. The van der Waals surface area contributed by atoms with Crippen LogP contribution in [0.2, 0.25) is 5.02 Å². The molecule has 0 bridgehead atoms. The summed E-state index contributed by atoms with van der Waals surface area (Å²) in [5.74, 6) is -0.121. The van der Waals surface area contributed by atoms with Crippen LogP contribution in [0.5, 0.6) is 0 Å². The molecule has 2 heterocycles. The molecule has 2 aliphatic heterocycles. The van der Waals surface area contributed by atoms with Crippen LogP contribution in [0.25, 0.3) is 11.1 Å². The molecule has 1 saturated heterocycles. The van der Waals surface area contributed by atoms with Crippen molar-refractivity contribution in [1.29, 1.82) is 0 Å². The average molecular weight is 373 g/mol. The third-order valence-corrected chi connectivity index (χ3v) is 5.95. The van der Waals surface area contributed by atoms with Crippen molar-refractivity contribution in [2.45, 2.75) is 32.0 Å². The van der Waals surface area contributed by atoms with Crippen LogP contribution in [-0.2, 0) is 6.54 Å². The van der Waals surface area contributed by atoms with E-state index in [0.717, 1.165) is 41.8 Å². The van der Waals surface area contributed by atoms with Gasteiger partial charge in [-0.2, -0.15) is 0 Å². The van der Waals surface area contributed by atoms with Gasteiger partial charge < -0.3 is 10.2 Å². The lowest BCUT2D eigenvalue weighted by atomic mass is 9.87. The number of nitrogens with zero attached hydrogens (tertiary/aromatic N) is 1. The summed E-state index contributed by atoms with van der Waals surface area (Å²) < 4.78 is 14.5. The van der Waals surface area contributed by atoms with Crippen LogP contribution < -0.4 is 5.32 Å². The Kier molecular flexibility index (Phi) is 4.72. The lowest BCUT2D eigenvalue weighted by Crippen LogP contribution is -2.40. The molecule has 2 atom stereocenters. The van der Waals surface area contributed by atoms with Gasteiger partial charge >= 0.3 is 0 Å². The van der Waals surface area contributed by atoms with Crippen LogP contribution in [0.3, 0.4) is 0 Å². The van der Waals surface area contributed by atoms with Gasteiger partial charge in [0.05, 0.1) is 0 Å². The molecule has 1 fully saturated rings. The normalized spacial score (nSPS) is 23.0. The molecule has 2 aromatic carbocycles. The fourth-order valence-electron chi connectivity index (χ4n) is 4.00. The van der Waals surface area contributed by atoms with Gasteiger partial charge in [-0.25, -0.2) is 4.39 Å². The number of halogens is 2. The van der Waals surface area contributed by atoms with E-state index in [0.29, 0.717) is 23.7 Å². The fraction of sp³-hybridized carbons (Fsp3) is 0.381. The number of piperidine rings is 1. The molecular weight excluding hydrogens is 351 g/mol. The van der Waals surface area contributed by atoms with E-state index in [1.807, 2.05) is 36.4 Å². The van der Waals surface area contributed by atoms with E-state index < -0.39 is 6.17 Å². The quantitative estimate of drug-likeness (QED) is 0.866. The van der Waals surface area contributed by atoms with E-state index in [9.17, 15) is 9.18 Å². The first-order valence-electron chi connectivity index (χ1n) is 9.14. The maximum Gasteiger partial charge on any atom is 0.251 e. The zero-order valence-electron chi connectivity index (χ0n) is 14.8. The van der Waals surface area contributed by atoms with Gasteiger partial charge in [-0.05, 0) is 48.3 Å². The number of alkyl halides is 1. The number of hydrogen-bond donors (Lipinski definition) is 1. The number of amides is 1. The van der Waals surface area contributed by atoms with Gasteiger partial charge in [-0.15, -0.1) is 0 Å². The molecule has 0 aliphatic carbocycles. The summed E-state index contributed by atoms with van der Waals surface area (Å²) >= 11 is 6.34. The molecule has 0 saturated carbocycles. The molecule has 136 valence electrons. The smallest absolute Gasteiger partial charge is 0.251 e. The lowest BCUT2D eigenvalue weighted by Gasteiger charge is -2.34. The molecule has 0 aromatic heterocycles. The first-order valence-corrected chi connectivity index (χ1v) is 9.52. The van der Waals surface area contributed by atoms with Crippen molar-refractivity contribution in [2.24, 2.45) is 0 Å². The number of benzene rings is 2. The van der Waals surface area contributed by atoms with E-state index in [1.165, 1.54) is 0 Å². The van der Waals surface area contributed by atoms with Crippen molar-refractivity contribution in [3.8, 4) is 11.1 Å². The SMILES string of the molecule is CCN1CC[C@@H](c2ccc(-c3cc(Cl)c4c(c3)C(=O)NC4)cc2)[C@H](F)C1. The Morgan fingerprint density at radius 3 is 2.69 bits per heavy atom. The Morgan fingerprint density at radius 2 is 2.00 bits per heavy atom. The van der Waals surface area contributed by atoms with E-state index >= 15 is 0 Å². The highest BCUT2D eigenvalue weighted by Gasteiger charge is 2.29. The first-order chi connectivity index (χ1) is 12.6. The summed E-state index contributed by atoms with van der Waals surface area (Å²) in [5.41, 5.74) is 4.45. The summed E-state index contributed by atoms with van der Waals surface area (Å²) in [7, 11) is 0. The summed E-state index contributed by atoms with van der Waals surface area (Å²) in [6.45, 7) is 4.92. The van der Waals surface area contributed by atoms with Crippen molar-refractivity contribution in [3.05, 3.63) is 58.1 Å². The first kappa shape index (κ1) is 17.5. The molecule has 0 spiro atoms. The average Bonchev–Trinajstić information content (AvgIpc) is 3.03. The molecule has 1 amide bonds. The maximum absolute atomic E-state index is 14.5. The Labute approximate surface area is 158 Å². The summed E-state index contributed by atoms with van der Waals surface area (Å²) in [4.78, 5) is 14.1. The van der Waals surface area contributed by atoms with Crippen molar-refractivity contribution in [3.63, 3.8) is 0 Å². The maximum atomic E-state index is 14.5. The van der Waals surface area contributed by atoms with E-state index in [4.69, 9.17) is 11.6 Å². The third-order valence-electron chi connectivity index (χ3n) is 5.61. The molecule has 0 unspecified atom stereocenters. The van der Waals surface area contributed by atoms with Crippen molar-refractivity contribution in [1.82, 2.24) is 10.2 Å². The van der Waals surface area contributed by atoms with Crippen LogP contribution in [0, 0.1) is 0 Å². The zero-order valence-corrected chi connectivity index (χ0v) is 15.5. The monoisotopic (exact) mass is 372 g/mol. The number of likely N-dealkylation sites (tertiary alicyclic amines) is 1. The molecule has 3 nitrogen and oxygen atoms in total. The molecule has 0 radical (unpaired) electrons. The van der Waals surface area contributed by atoms with Crippen LogP contribution in [0.15, 0.2) is 36.4 Å². The van der Waals surface area contributed by atoms with Crippen LogP contribution in [0.4, 0.5) is 4.39 Å². The van der Waals surface area contributed by atoms with Crippen molar-refractivity contribution >= 4 is 17.5 Å². The Morgan fingerprint density at radius 1 is 1.23 bits per heavy atom. The number of nitrogens with one attached hydrogen (secondary N) is 1. The molecule has 2 aromatic rings. The number of carbonyl (C=O) groups is 1. The Balaban J connectivity index is 1.58. The van der Waals surface area contributed by atoms with E-state index in [-0.39, 0.29) is 11.8 Å². The minimum Gasteiger partial charge on any atom is -0.348 e. The topological polar surface area (TPSA) is 32.3 Å². The largest absolute Gasteiger partial charge is 0.348 e. The van der Waals surface area contributed by atoms with Gasteiger partial charge in [0, 0.05) is 35.2 Å². The minimum atomic E-state index is -0.826. The molecule has 26 heavy (non-hydrogen) atoms. The molecule has 2 aliphatic rings. The van der Waals surface area contributed by atoms with E-state index in [2.05, 4.69) is 17.1 Å². The number of fused-ring (bicyclic) bond motifs is 1. The second-order valence-corrected chi connectivity index (χ2v) is 7.50. The zero-order chi connectivity index (χ0) is 18.3. The second-order valence-electron chi connectivity index (χ2n) is 7.09. The standard InChI is InChI=1S/C21H22ClFN2O/c1-2-25-8-7-16(20(23)12-25)14-5-3-13(4-6-14)15-9-17-18(19(22)10-15)11-24-21(17)26/h3-6,9-10,16,20H,2,7-8,11-12H2,1H3,(H,24,26)/t16-,20+/m0/s1. The summed E-state index contributed by atoms with van der Waals surface area (Å²) in [6.07, 6.45) is 0.0202. The van der Waals surface area contributed by atoms with Gasteiger partial charge in [0.1, 0.15) is 6.17 Å². The second kappa shape index (κ2) is 7.01. The summed E-state index contributed by atoms with van der Waals surface area (Å²) in [5, 5.41) is 3.41. The number of rotatable bonds is 3. The van der Waals surface area contributed by atoms with Gasteiger partial charge in [-0.3, -0.25) is 4.79 Å². The van der Waals surface area contributed by atoms with Crippen LogP contribution in [0.1, 0.15) is 40.7 Å². The van der Waals surface area contributed by atoms with Crippen LogP contribution >= 0.6 is 11.6 Å². The van der Waals surface area contributed by atoms with E-state index in [1.54, 1.807) is 0 Å². The Hall–Kier alpha value is -1.91. The van der Waals surface area contributed by atoms with Crippen molar-refractivity contribution < 1.29 is 9.18 Å². The Bertz CT molecular complexity index is 837. The predicted molar refractivity (Wildman–Crippen MR) is 102 cm³/mol. The minimum absolute atomic E-state index is 0.0405. The predicted octanol–water partition coefficient (Wildman–Crippen LogP) is 4.40. The van der Waals surface area contributed by atoms with Crippen molar-refractivity contribution in [2.75, 3.05) is 19.6 Å². The molecule has 5 heteroatoms. The number of carbonyl (C=O) groups excluding carboxylic acids is 1. The highest BCUT2D eigenvalue weighted by atomic mass is 35.5.